The summed E-state index contributed by atoms with van der Waals surface area (Å²) in [6.45, 7) is 0.325. The van der Waals surface area contributed by atoms with Crippen molar-refractivity contribution in [1.29, 1.82) is 0 Å². The van der Waals surface area contributed by atoms with Crippen molar-refractivity contribution in [2.24, 2.45) is 0 Å². The van der Waals surface area contributed by atoms with Gasteiger partial charge in [0.05, 0.1) is 5.56 Å². The van der Waals surface area contributed by atoms with E-state index in [1.54, 1.807) is 24.3 Å². The van der Waals surface area contributed by atoms with Crippen molar-refractivity contribution >= 4 is 11.8 Å². The van der Waals surface area contributed by atoms with Crippen LogP contribution in [0.1, 0.15) is 5.56 Å². The maximum Gasteiger partial charge on any atom is 0.343 e. The van der Waals surface area contributed by atoms with Crippen LogP contribution >= 0.6 is 0 Å². The summed E-state index contributed by atoms with van der Waals surface area (Å²) in [6, 6.07) is 17.9. The molecule has 0 bridgehead atoms. The second kappa shape index (κ2) is 6.23. The molecular formula is C17H16N4O2. The predicted molar refractivity (Wildman–Crippen MR) is 89.0 cm³/mol. The Morgan fingerprint density at radius 1 is 1.04 bits per heavy atom. The summed E-state index contributed by atoms with van der Waals surface area (Å²) in [5, 5.41) is 5.30. The molecule has 3 rings (SSSR count). The van der Waals surface area contributed by atoms with Crippen LogP contribution in [-0.2, 0) is 6.54 Å². The molecule has 6 heteroatoms. The van der Waals surface area contributed by atoms with Crippen LogP contribution in [0.5, 0.6) is 0 Å². The van der Waals surface area contributed by atoms with Crippen LogP contribution in [0.3, 0.4) is 0 Å². The van der Waals surface area contributed by atoms with E-state index in [1.165, 1.54) is 0 Å². The minimum Gasteiger partial charge on any atom is -0.383 e. The van der Waals surface area contributed by atoms with Gasteiger partial charge in [-0.25, -0.2) is 4.79 Å². The SMILES string of the molecule is Nc1[nH]n(C(=O)NCc2ccccc2)c(=O)c1-c1ccccc1. The smallest absolute Gasteiger partial charge is 0.343 e. The molecule has 0 saturated carbocycles. The number of benzene rings is 2. The highest BCUT2D eigenvalue weighted by Crippen LogP contribution is 2.19. The highest BCUT2D eigenvalue weighted by Gasteiger charge is 2.17. The molecule has 4 N–H and O–H groups in total. The third-order valence-corrected chi connectivity index (χ3v) is 3.47. The minimum atomic E-state index is -0.548. The van der Waals surface area contributed by atoms with Crippen LogP contribution in [0.15, 0.2) is 65.5 Å². The molecule has 0 aliphatic rings. The summed E-state index contributed by atoms with van der Waals surface area (Å²) < 4.78 is 0.889. The Hall–Kier alpha value is -3.28. The van der Waals surface area contributed by atoms with Crippen molar-refractivity contribution < 1.29 is 4.79 Å². The number of rotatable bonds is 3. The monoisotopic (exact) mass is 308 g/mol. The number of carbonyl (C=O) groups excluding carboxylic acids is 1. The lowest BCUT2D eigenvalue weighted by Crippen LogP contribution is -2.35. The largest absolute Gasteiger partial charge is 0.383 e. The number of nitrogens with zero attached hydrogens (tertiary/aromatic N) is 1. The lowest BCUT2D eigenvalue weighted by molar-refractivity contribution is 0.238. The number of nitrogens with one attached hydrogen (secondary N) is 2. The molecule has 0 aliphatic heterocycles. The van der Waals surface area contributed by atoms with Gasteiger partial charge in [-0.2, -0.15) is 4.68 Å². The maximum atomic E-state index is 12.4. The second-order valence-corrected chi connectivity index (χ2v) is 5.05. The highest BCUT2D eigenvalue weighted by molar-refractivity contribution is 5.81. The average molecular weight is 308 g/mol. The average Bonchev–Trinajstić information content (AvgIpc) is 2.89. The first-order valence-electron chi connectivity index (χ1n) is 7.15. The molecule has 1 heterocycles. The molecule has 0 atom stereocenters. The van der Waals surface area contributed by atoms with Crippen LogP contribution < -0.4 is 16.6 Å². The van der Waals surface area contributed by atoms with Gasteiger partial charge in [-0.05, 0) is 11.1 Å². The van der Waals surface area contributed by atoms with Gasteiger partial charge in [0.2, 0.25) is 0 Å². The van der Waals surface area contributed by atoms with Crippen molar-refractivity contribution in [2.75, 3.05) is 5.73 Å². The number of carbonyl (C=O) groups is 1. The number of aromatic nitrogens is 2. The van der Waals surface area contributed by atoms with E-state index in [0.29, 0.717) is 17.7 Å². The molecule has 0 unspecified atom stereocenters. The number of hydrogen-bond acceptors (Lipinski definition) is 3. The van der Waals surface area contributed by atoms with Crippen LogP contribution in [-0.4, -0.2) is 15.8 Å². The maximum absolute atomic E-state index is 12.4. The van der Waals surface area contributed by atoms with Crippen molar-refractivity contribution in [1.82, 2.24) is 15.1 Å². The Morgan fingerprint density at radius 3 is 2.30 bits per heavy atom. The Balaban J connectivity index is 1.84. The summed E-state index contributed by atoms with van der Waals surface area (Å²) in [5.41, 5.74) is 7.29. The van der Waals surface area contributed by atoms with Gasteiger partial charge in [0.1, 0.15) is 5.82 Å². The molecule has 0 spiro atoms. The molecule has 23 heavy (non-hydrogen) atoms. The first kappa shape index (κ1) is 14.6. The van der Waals surface area contributed by atoms with Crippen LogP contribution in [0, 0.1) is 0 Å². The normalized spacial score (nSPS) is 10.4. The van der Waals surface area contributed by atoms with Crippen molar-refractivity contribution in [3.05, 3.63) is 76.6 Å². The lowest BCUT2D eigenvalue weighted by Gasteiger charge is -2.04. The van der Waals surface area contributed by atoms with Gasteiger partial charge in [0.25, 0.3) is 5.56 Å². The number of hydrogen-bond donors (Lipinski definition) is 3. The van der Waals surface area contributed by atoms with Gasteiger partial charge in [-0.1, -0.05) is 60.7 Å². The summed E-state index contributed by atoms with van der Waals surface area (Å²) >= 11 is 0. The fraction of sp³-hybridized carbons (Fsp3) is 0.0588. The zero-order valence-corrected chi connectivity index (χ0v) is 12.3. The number of H-pyrrole nitrogens is 1. The first-order valence-corrected chi connectivity index (χ1v) is 7.15. The van der Waals surface area contributed by atoms with Crippen molar-refractivity contribution in [2.45, 2.75) is 6.54 Å². The summed E-state index contributed by atoms with van der Waals surface area (Å²) in [6.07, 6.45) is 0. The molecule has 116 valence electrons. The van der Waals surface area contributed by atoms with Gasteiger partial charge in [0, 0.05) is 6.54 Å². The molecule has 0 fully saturated rings. The molecule has 3 aromatic rings. The van der Waals surface area contributed by atoms with E-state index in [2.05, 4.69) is 10.4 Å². The third-order valence-electron chi connectivity index (χ3n) is 3.47. The molecule has 0 saturated heterocycles. The summed E-state index contributed by atoms with van der Waals surface area (Å²) in [7, 11) is 0. The third kappa shape index (κ3) is 3.01. The van der Waals surface area contributed by atoms with Gasteiger partial charge >= 0.3 is 6.03 Å². The number of anilines is 1. The number of aromatic amines is 1. The number of nitrogens with two attached hydrogens (primary N) is 1. The Labute approximate surface area is 132 Å². The summed E-state index contributed by atoms with van der Waals surface area (Å²) in [4.78, 5) is 24.6. The second-order valence-electron chi connectivity index (χ2n) is 5.05. The quantitative estimate of drug-likeness (QED) is 0.692. The van der Waals surface area contributed by atoms with Crippen LogP contribution in [0.2, 0.25) is 0 Å². The molecule has 0 radical (unpaired) electrons. The van der Waals surface area contributed by atoms with Crippen LogP contribution in [0.4, 0.5) is 10.6 Å². The first-order chi connectivity index (χ1) is 11.2. The number of amides is 1. The molecule has 2 aromatic carbocycles. The zero-order valence-electron chi connectivity index (χ0n) is 12.3. The fourth-order valence-corrected chi connectivity index (χ4v) is 2.33. The number of nitrogen functional groups attached to an aromatic ring is 1. The predicted octanol–water partition coefficient (Wildman–Crippen LogP) is 2.18. The van der Waals surface area contributed by atoms with Crippen molar-refractivity contribution in [3.8, 4) is 11.1 Å². The molecule has 1 aromatic heterocycles. The molecule has 0 aliphatic carbocycles. The van der Waals surface area contributed by atoms with Gasteiger partial charge in [0.15, 0.2) is 0 Å². The Morgan fingerprint density at radius 2 is 1.65 bits per heavy atom. The van der Waals surface area contributed by atoms with E-state index in [9.17, 15) is 9.59 Å². The van der Waals surface area contributed by atoms with Crippen molar-refractivity contribution in [3.63, 3.8) is 0 Å². The van der Waals surface area contributed by atoms with Gasteiger partial charge in [-0.3, -0.25) is 9.89 Å². The Bertz CT molecular complexity index is 867. The molecule has 6 nitrogen and oxygen atoms in total. The standard InChI is InChI=1S/C17H16N4O2/c18-15-14(13-9-5-2-6-10-13)16(22)21(20-15)17(23)19-11-12-7-3-1-4-8-12/h1-10,20H,11,18H2,(H,19,23). The topological polar surface area (TPSA) is 92.9 Å². The molecule has 1 amide bonds. The fourth-order valence-electron chi connectivity index (χ4n) is 2.33. The van der Waals surface area contributed by atoms with E-state index in [4.69, 9.17) is 5.73 Å². The van der Waals surface area contributed by atoms with E-state index in [0.717, 1.165) is 10.2 Å². The van der Waals surface area contributed by atoms with Gasteiger partial charge < -0.3 is 11.1 Å². The lowest BCUT2D eigenvalue weighted by atomic mass is 10.1. The van der Waals surface area contributed by atoms with E-state index < -0.39 is 11.6 Å². The van der Waals surface area contributed by atoms with E-state index in [-0.39, 0.29) is 5.82 Å². The summed E-state index contributed by atoms with van der Waals surface area (Å²) in [5.74, 6) is 0.163. The van der Waals surface area contributed by atoms with Crippen LogP contribution in [0.25, 0.3) is 11.1 Å². The zero-order chi connectivity index (χ0) is 16.2. The minimum absolute atomic E-state index is 0.163. The Kier molecular flexibility index (Phi) is 3.97. The van der Waals surface area contributed by atoms with Gasteiger partial charge in [-0.15, -0.1) is 0 Å². The highest BCUT2D eigenvalue weighted by atomic mass is 16.2. The molecular weight excluding hydrogens is 292 g/mol. The van der Waals surface area contributed by atoms with E-state index >= 15 is 0 Å². The van der Waals surface area contributed by atoms with E-state index in [1.807, 2.05) is 36.4 Å².